The van der Waals surface area contributed by atoms with E-state index in [1.807, 2.05) is 26.8 Å². The minimum atomic E-state index is -0.469. The second-order valence-corrected chi connectivity index (χ2v) is 7.35. The third kappa shape index (κ3) is 6.42. The summed E-state index contributed by atoms with van der Waals surface area (Å²) in [6.07, 6.45) is 2.31. The number of hydrogen-bond acceptors (Lipinski definition) is 4. The Morgan fingerprint density at radius 3 is 2.72 bits per heavy atom. The predicted octanol–water partition coefficient (Wildman–Crippen LogP) is 2.06. The van der Waals surface area contributed by atoms with Gasteiger partial charge in [-0.15, -0.1) is 0 Å². The highest BCUT2D eigenvalue weighted by Gasteiger charge is 2.34. The molecule has 25 heavy (non-hydrogen) atoms. The fourth-order valence-corrected chi connectivity index (χ4v) is 2.42. The van der Waals surface area contributed by atoms with E-state index in [1.165, 1.54) is 0 Å². The zero-order chi connectivity index (χ0) is 18.4. The summed E-state index contributed by atoms with van der Waals surface area (Å²) in [4.78, 5) is 21.9. The highest BCUT2D eigenvalue weighted by Crippen LogP contribution is 2.15. The fourth-order valence-electron chi connectivity index (χ4n) is 2.31. The largest absolute Gasteiger partial charge is 0.444 e. The summed E-state index contributed by atoms with van der Waals surface area (Å²) >= 11 is 5.77. The lowest BCUT2D eigenvalue weighted by Gasteiger charge is -2.40. The molecule has 1 aromatic heterocycles. The molecule has 0 saturated carbocycles. The second-order valence-electron chi connectivity index (χ2n) is 6.96. The first kappa shape index (κ1) is 19.3. The Morgan fingerprint density at radius 2 is 2.16 bits per heavy atom. The number of rotatable bonds is 4. The third-order valence-corrected chi connectivity index (χ3v) is 3.82. The Balaban J connectivity index is 1.68. The molecule has 2 N–H and O–H groups in total. The smallest absolute Gasteiger partial charge is 0.410 e. The van der Waals surface area contributed by atoms with Crippen molar-refractivity contribution in [1.29, 1.82) is 0 Å². The van der Waals surface area contributed by atoms with E-state index in [9.17, 15) is 4.79 Å². The first-order chi connectivity index (χ1) is 11.8. The summed E-state index contributed by atoms with van der Waals surface area (Å²) in [6, 6.07) is 3.91. The number of aliphatic imine (C=N–C) groups is 1. The van der Waals surface area contributed by atoms with Crippen molar-refractivity contribution >= 4 is 23.7 Å². The van der Waals surface area contributed by atoms with E-state index in [2.05, 4.69) is 20.6 Å². The molecule has 0 radical (unpaired) electrons. The van der Waals surface area contributed by atoms with Crippen LogP contribution in [-0.2, 0) is 11.2 Å². The van der Waals surface area contributed by atoms with Gasteiger partial charge in [-0.3, -0.25) is 4.99 Å². The van der Waals surface area contributed by atoms with Crippen LogP contribution in [0.25, 0.3) is 0 Å². The molecular formula is C17H26ClN5O2. The molecule has 0 aromatic carbocycles. The maximum atomic E-state index is 11.9. The van der Waals surface area contributed by atoms with Crippen LogP contribution >= 0.6 is 11.6 Å². The molecule has 1 fully saturated rings. The number of amides is 1. The van der Waals surface area contributed by atoms with Gasteiger partial charge in [0.1, 0.15) is 10.8 Å². The molecule has 1 amide bonds. The first-order valence-corrected chi connectivity index (χ1v) is 8.70. The lowest BCUT2D eigenvalue weighted by Crippen LogP contribution is -2.63. The number of nitrogens with one attached hydrogen (secondary N) is 2. The van der Waals surface area contributed by atoms with Crippen molar-refractivity contribution in [3.05, 3.63) is 29.0 Å². The molecule has 1 saturated heterocycles. The molecule has 1 aliphatic heterocycles. The van der Waals surface area contributed by atoms with Gasteiger partial charge in [-0.25, -0.2) is 9.78 Å². The number of aromatic nitrogens is 1. The van der Waals surface area contributed by atoms with E-state index in [0.717, 1.165) is 24.5 Å². The molecule has 138 valence electrons. The van der Waals surface area contributed by atoms with Crippen LogP contribution in [0, 0.1) is 0 Å². The zero-order valence-electron chi connectivity index (χ0n) is 15.2. The van der Waals surface area contributed by atoms with Gasteiger partial charge < -0.3 is 20.3 Å². The quantitative estimate of drug-likeness (QED) is 0.484. The maximum absolute atomic E-state index is 11.9. The van der Waals surface area contributed by atoms with Crippen LogP contribution in [0.5, 0.6) is 0 Å². The van der Waals surface area contributed by atoms with Crippen molar-refractivity contribution in [2.45, 2.75) is 38.8 Å². The van der Waals surface area contributed by atoms with E-state index in [0.29, 0.717) is 18.2 Å². The Morgan fingerprint density at radius 1 is 1.44 bits per heavy atom. The zero-order valence-corrected chi connectivity index (χ0v) is 15.9. The second kappa shape index (κ2) is 8.38. The van der Waals surface area contributed by atoms with Gasteiger partial charge in [0.25, 0.3) is 0 Å². The van der Waals surface area contributed by atoms with Gasteiger partial charge in [0.15, 0.2) is 5.96 Å². The molecule has 7 nitrogen and oxygen atoms in total. The molecule has 0 atom stereocenters. The van der Waals surface area contributed by atoms with E-state index < -0.39 is 5.60 Å². The van der Waals surface area contributed by atoms with Crippen molar-refractivity contribution in [2.24, 2.45) is 4.99 Å². The van der Waals surface area contributed by atoms with Gasteiger partial charge >= 0.3 is 6.09 Å². The normalized spacial score (nSPS) is 15.6. The Bertz CT molecular complexity index is 606. The number of carbonyl (C=O) groups is 1. The summed E-state index contributed by atoms with van der Waals surface area (Å²) in [6.45, 7) is 7.53. The van der Waals surface area contributed by atoms with E-state index in [4.69, 9.17) is 16.3 Å². The molecule has 0 spiro atoms. The molecule has 2 rings (SSSR count). The number of ether oxygens (including phenoxy) is 1. The summed E-state index contributed by atoms with van der Waals surface area (Å²) in [5.74, 6) is 0.718. The third-order valence-electron chi connectivity index (χ3n) is 3.59. The van der Waals surface area contributed by atoms with Crippen LogP contribution in [0.15, 0.2) is 23.3 Å². The van der Waals surface area contributed by atoms with Crippen molar-refractivity contribution in [3.63, 3.8) is 0 Å². The number of carbonyl (C=O) groups excluding carboxylic acids is 1. The van der Waals surface area contributed by atoms with Crippen LogP contribution in [0.3, 0.4) is 0 Å². The summed E-state index contributed by atoms with van der Waals surface area (Å²) < 4.78 is 5.34. The van der Waals surface area contributed by atoms with Crippen LogP contribution in [-0.4, -0.2) is 60.3 Å². The maximum Gasteiger partial charge on any atom is 0.410 e. The standard InChI is InChI=1S/C17H26ClN5O2/c1-17(2,3)25-16(24)23-10-13(11-23)22-15(19-4)20-8-7-12-5-6-14(18)21-9-12/h5-6,9,13H,7-8,10-11H2,1-4H3,(H2,19,20,22). The van der Waals surface area contributed by atoms with Crippen molar-refractivity contribution in [2.75, 3.05) is 26.7 Å². The van der Waals surface area contributed by atoms with Crippen molar-refractivity contribution in [3.8, 4) is 0 Å². The molecule has 2 heterocycles. The number of pyridine rings is 1. The highest BCUT2D eigenvalue weighted by atomic mass is 35.5. The molecule has 8 heteroatoms. The Kier molecular flexibility index (Phi) is 6.47. The van der Waals surface area contributed by atoms with Gasteiger partial charge in [0.05, 0.1) is 6.04 Å². The highest BCUT2D eigenvalue weighted by molar-refractivity contribution is 6.29. The first-order valence-electron chi connectivity index (χ1n) is 8.32. The number of nitrogens with zero attached hydrogens (tertiary/aromatic N) is 3. The fraction of sp³-hybridized carbons (Fsp3) is 0.588. The molecule has 1 aliphatic rings. The van der Waals surface area contributed by atoms with Crippen molar-refractivity contribution in [1.82, 2.24) is 20.5 Å². The number of likely N-dealkylation sites (tertiary alicyclic amines) is 1. The van der Waals surface area contributed by atoms with Gasteiger partial charge in [-0.1, -0.05) is 17.7 Å². The number of halogens is 1. The minimum absolute atomic E-state index is 0.177. The van der Waals surface area contributed by atoms with Gasteiger partial charge in [0, 0.05) is 32.9 Å². The Hall–Kier alpha value is -2.02. The molecular weight excluding hydrogens is 342 g/mol. The van der Waals surface area contributed by atoms with Crippen LogP contribution in [0.2, 0.25) is 5.15 Å². The monoisotopic (exact) mass is 367 g/mol. The molecule has 0 aliphatic carbocycles. The topological polar surface area (TPSA) is 78.9 Å². The van der Waals surface area contributed by atoms with E-state index >= 15 is 0 Å². The SMILES string of the molecule is CN=C(NCCc1ccc(Cl)nc1)NC1CN(C(=O)OC(C)(C)C)C1. The van der Waals surface area contributed by atoms with Crippen LogP contribution < -0.4 is 10.6 Å². The Labute approximate surface area is 153 Å². The van der Waals surface area contributed by atoms with E-state index in [1.54, 1.807) is 24.2 Å². The van der Waals surface area contributed by atoms with Gasteiger partial charge in [0.2, 0.25) is 0 Å². The summed E-state index contributed by atoms with van der Waals surface area (Å²) in [5.41, 5.74) is 0.635. The van der Waals surface area contributed by atoms with Crippen LogP contribution in [0.1, 0.15) is 26.3 Å². The molecule has 0 bridgehead atoms. The summed E-state index contributed by atoms with van der Waals surface area (Å²) in [5, 5.41) is 7.05. The van der Waals surface area contributed by atoms with Gasteiger partial charge in [-0.2, -0.15) is 0 Å². The van der Waals surface area contributed by atoms with Crippen LogP contribution in [0.4, 0.5) is 4.79 Å². The molecule has 1 aromatic rings. The minimum Gasteiger partial charge on any atom is -0.444 e. The predicted molar refractivity (Wildman–Crippen MR) is 99.0 cm³/mol. The van der Waals surface area contributed by atoms with Crippen molar-refractivity contribution < 1.29 is 9.53 Å². The summed E-state index contributed by atoms with van der Waals surface area (Å²) in [7, 11) is 1.73. The molecule has 0 unspecified atom stereocenters. The lowest BCUT2D eigenvalue weighted by molar-refractivity contribution is 0.00701. The van der Waals surface area contributed by atoms with Gasteiger partial charge in [-0.05, 0) is 38.8 Å². The lowest BCUT2D eigenvalue weighted by atomic mass is 10.1. The van der Waals surface area contributed by atoms with E-state index in [-0.39, 0.29) is 12.1 Å². The average Bonchev–Trinajstić information content (AvgIpc) is 2.48. The number of guanidine groups is 1. The number of hydrogen-bond donors (Lipinski definition) is 2. The average molecular weight is 368 g/mol.